The number of fused-ring (bicyclic) bond motifs is 1. The molecule has 0 radical (unpaired) electrons. The highest BCUT2D eigenvalue weighted by Crippen LogP contribution is 2.34. The van der Waals surface area contributed by atoms with Crippen LogP contribution in [-0.4, -0.2) is 60.7 Å². The summed E-state index contributed by atoms with van der Waals surface area (Å²) in [6.45, 7) is 4.41. The number of nitrogens with one attached hydrogen (secondary N) is 1. The first kappa shape index (κ1) is 23.0. The Morgan fingerprint density at radius 2 is 1.91 bits per heavy atom. The van der Waals surface area contributed by atoms with Crippen LogP contribution in [0.25, 0.3) is 5.65 Å². The van der Waals surface area contributed by atoms with Gasteiger partial charge in [-0.05, 0) is 45.2 Å². The van der Waals surface area contributed by atoms with Crippen LogP contribution in [0.4, 0.5) is 11.5 Å². The maximum atomic E-state index is 13.7. The predicted octanol–water partition coefficient (Wildman–Crippen LogP) is 3.15. The number of nitrogens with zero attached hydrogens (tertiary/aromatic N) is 5. The molecule has 0 saturated carbocycles. The van der Waals surface area contributed by atoms with Gasteiger partial charge in [0.2, 0.25) is 10.0 Å². The number of amides is 1. The fourth-order valence-electron chi connectivity index (χ4n) is 4.34. The average Bonchev–Trinajstić information content (AvgIpc) is 3.16. The summed E-state index contributed by atoms with van der Waals surface area (Å²) < 4.78 is 28.1. The lowest BCUT2D eigenvalue weighted by Crippen LogP contribution is -2.39. The van der Waals surface area contributed by atoms with Crippen LogP contribution in [0, 0.1) is 13.8 Å². The second kappa shape index (κ2) is 8.66. The number of hydrogen-bond acceptors (Lipinski definition) is 6. The van der Waals surface area contributed by atoms with Gasteiger partial charge in [-0.2, -0.15) is 9.61 Å². The number of aromatic nitrogens is 3. The molecule has 1 saturated heterocycles. The Morgan fingerprint density at radius 1 is 1.15 bits per heavy atom. The number of rotatable bonds is 5. The Hall–Kier alpha value is -3.14. The molecule has 0 spiro atoms. The van der Waals surface area contributed by atoms with Crippen molar-refractivity contribution in [2.45, 2.75) is 39.2 Å². The van der Waals surface area contributed by atoms with Gasteiger partial charge in [-0.1, -0.05) is 11.6 Å². The Bertz CT molecular complexity index is 1320. The number of piperidine rings is 1. The number of anilines is 2. The molecular weight excluding hydrogens is 440 g/mol. The first-order chi connectivity index (χ1) is 15.5. The van der Waals surface area contributed by atoms with Crippen LogP contribution in [0.5, 0.6) is 0 Å². The first-order valence-electron chi connectivity index (χ1n) is 11.0. The quantitative estimate of drug-likeness (QED) is 0.615. The second-order valence-corrected chi connectivity index (χ2v) is 10.7. The minimum Gasteiger partial charge on any atom is -0.363 e. The molecule has 176 valence electrons. The number of benzene rings is 1. The van der Waals surface area contributed by atoms with E-state index in [9.17, 15) is 13.2 Å². The Labute approximate surface area is 194 Å². The molecule has 0 aliphatic carbocycles. The summed E-state index contributed by atoms with van der Waals surface area (Å²) in [6.07, 6.45) is 3.74. The second-order valence-electron chi connectivity index (χ2n) is 8.92. The third-order valence-electron chi connectivity index (χ3n) is 5.82. The van der Waals surface area contributed by atoms with Crippen LogP contribution in [-0.2, 0) is 10.0 Å². The summed E-state index contributed by atoms with van der Waals surface area (Å²) in [5.41, 5.74) is 3.94. The third-order valence-corrected chi connectivity index (χ3v) is 6.41. The molecular formula is C23H30N6O3S. The lowest BCUT2D eigenvalue weighted by atomic mass is 9.97. The highest BCUT2D eigenvalue weighted by molar-refractivity contribution is 7.92. The van der Waals surface area contributed by atoms with Gasteiger partial charge >= 0.3 is 0 Å². The SMILES string of the molecule is Cc1ccc(NS(C)(=O)=O)c(C(=O)N2CCCCC2c2cc3nc(C)cc(N(C)C)n3n2)c1. The molecule has 1 amide bonds. The highest BCUT2D eigenvalue weighted by Gasteiger charge is 2.32. The Kier molecular flexibility index (Phi) is 6.04. The van der Waals surface area contributed by atoms with Gasteiger partial charge in [0.15, 0.2) is 5.65 Å². The summed E-state index contributed by atoms with van der Waals surface area (Å²) in [6, 6.07) is 8.88. The number of sulfonamides is 1. The normalized spacial score (nSPS) is 16.8. The average molecular weight is 471 g/mol. The van der Waals surface area contributed by atoms with E-state index >= 15 is 0 Å². The van der Waals surface area contributed by atoms with Crippen LogP contribution in [0.2, 0.25) is 0 Å². The van der Waals surface area contributed by atoms with E-state index in [0.29, 0.717) is 17.8 Å². The van der Waals surface area contributed by atoms with E-state index in [1.54, 1.807) is 18.2 Å². The molecule has 3 aromatic rings. The molecule has 1 atom stereocenters. The summed E-state index contributed by atoms with van der Waals surface area (Å²) in [5, 5.41) is 4.83. The standard InChI is InChI=1S/C23H30N6O3S/c1-15-9-10-18(26-33(5,31)32)17(12-15)23(30)28-11-7-6-8-20(28)19-14-21-24-16(2)13-22(27(3)4)29(21)25-19/h9-10,12-14,20,26H,6-8,11H2,1-5H3. The van der Waals surface area contributed by atoms with Gasteiger partial charge in [-0.25, -0.2) is 13.4 Å². The summed E-state index contributed by atoms with van der Waals surface area (Å²) in [7, 11) is 0.391. The van der Waals surface area contributed by atoms with Gasteiger partial charge in [-0.3, -0.25) is 9.52 Å². The van der Waals surface area contributed by atoms with Crippen LogP contribution in [0.3, 0.4) is 0 Å². The first-order valence-corrected chi connectivity index (χ1v) is 12.9. The fraction of sp³-hybridized carbons (Fsp3) is 0.435. The van der Waals surface area contributed by atoms with E-state index in [1.165, 1.54) is 0 Å². The van der Waals surface area contributed by atoms with Gasteiger partial charge in [0.05, 0.1) is 29.2 Å². The minimum absolute atomic E-state index is 0.205. The van der Waals surface area contributed by atoms with Gasteiger partial charge in [-0.15, -0.1) is 0 Å². The van der Waals surface area contributed by atoms with Crippen LogP contribution >= 0.6 is 0 Å². The van der Waals surface area contributed by atoms with Crippen molar-refractivity contribution in [3.8, 4) is 0 Å². The van der Waals surface area contributed by atoms with E-state index in [4.69, 9.17) is 5.10 Å². The van der Waals surface area contributed by atoms with Crippen LogP contribution in [0.1, 0.15) is 52.6 Å². The molecule has 1 N–H and O–H groups in total. The van der Waals surface area contributed by atoms with Gasteiger partial charge in [0.1, 0.15) is 5.82 Å². The van der Waals surface area contributed by atoms with Crippen LogP contribution in [0.15, 0.2) is 30.3 Å². The zero-order chi connectivity index (χ0) is 23.9. The topological polar surface area (TPSA) is 99.9 Å². The van der Waals surface area contributed by atoms with Crippen molar-refractivity contribution in [2.24, 2.45) is 0 Å². The molecule has 10 heteroatoms. The fourth-order valence-corrected chi connectivity index (χ4v) is 4.92. The number of likely N-dealkylation sites (tertiary alicyclic amines) is 1. The van der Waals surface area contributed by atoms with Crippen molar-refractivity contribution in [3.63, 3.8) is 0 Å². The van der Waals surface area contributed by atoms with E-state index in [-0.39, 0.29) is 11.9 Å². The Balaban J connectivity index is 1.76. The molecule has 1 aliphatic rings. The summed E-state index contributed by atoms with van der Waals surface area (Å²) in [5.74, 6) is 0.708. The van der Waals surface area contributed by atoms with Crippen molar-refractivity contribution in [1.82, 2.24) is 19.5 Å². The van der Waals surface area contributed by atoms with Gasteiger partial charge < -0.3 is 9.80 Å². The maximum Gasteiger partial charge on any atom is 0.256 e. The van der Waals surface area contributed by atoms with Crippen molar-refractivity contribution in [1.29, 1.82) is 0 Å². The zero-order valence-corrected chi connectivity index (χ0v) is 20.5. The lowest BCUT2D eigenvalue weighted by molar-refractivity contribution is 0.0606. The molecule has 1 aliphatic heterocycles. The predicted molar refractivity (Wildman–Crippen MR) is 129 cm³/mol. The number of carbonyl (C=O) groups excluding carboxylic acids is 1. The molecule has 1 fully saturated rings. The minimum atomic E-state index is -3.53. The van der Waals surface area contributed by atoms with Gasteiger partial charge in [0.25, 0.3) is 5.91 Å². The van der Waals surface area contributed by atoms with Crippen molar-refractivity contribution < 1.29 is 13.2 Å². The maximum absolute atomic E-state index is 13.7. The highest BCUT2D eigenvalue weighted by atomic mass is 32.2. The zero-order valence-electron chi connectivity index (χ0n) is 19.7. The largest absolute Gasteiger partial charge is 0.363 e. The van der Waals surface area contributed by atoms with E-state index in [1.807, 2.05) is 54.4 Å². The van der Waals surface area contributed by atoms with E-state index in [0.717, 1.165) is 53.9 Å². The molecule has 4 rings (SSSR count). The molecule has 0 bridgehead atoms. The van der Waals surface area contributed by atoms with Crippen molar-refractivity contribution in [3.05, 3.63) is 52.8 Å². The third kappa shape index (κ3) is 4.80. The molecule has 3 heterocycles. The molecule has 1 unspecified atom stereocenters. The monoisotopic (exact) mass is 470 g/mol. The molecule has 33 heavy (non-hydrogen) atoms. The molecule has 2 aromatic heterocycles. The summed E-state index contributed by atoms with van der Waals surface area (Å²) in [4.78, 5) is 22.1. The molecule has 9 nitrogen and oxygen atoms in total. The van der Waals surface area contributed by atoms with Crippen molar-refractivity contribution >= 4 is 33.1 Å². The Morgan fingerprint density at radius 3 is 2.61 bits per heavy atom. The smallest absolute Gasteiger partial charge is 0.256 e. The van der Waals surface area contributed by atoms with Crippen LogP contribution < -0.4 is 9.62 Å². The van der Waals surface area contributed by atoms with E-state index < -0.39 is 10.0 Å². The molecule has 1 aromatic carbocycles. The lowest BCUT2D eigenvalue weighted by Gasteiger charge is -2.35. The summed E-state index contributed by atoms with van der Waals surface area (Å²) >= 11 is 0. The van der Waals surface area contributed by atoms with Crippen molar-refractivity contribution in [2.75, 3.05) is 36.5 Å². The van der Waals surface area contributed by atoms with Gasteiger partial charge in [0, 0.05) is 38.5 Å². The number of hydrogen-bond donors (Lipinski definition) is 1. The number of aryl methyl sites for hydroxylation is 2. The number of carbonyl (C=O) groups is 1. The van der Waals surface area contributed by atoms with E-state index in [2.05, 4.69) is 9.71 Å².